The highest BCUT2D eigenvalue weighted by Gasteiger charge is 2.46. The van der Waals surface area contributed by atoms with Crippen molar-refractivity contribution in [2.75, 3.05) is 7.11 Å². The summed E-state index contributed by atoms with van der Waals surface area (Å²) < 4.78 is 31.3. The summed E-state index contributed by atoms with van der Waals surface area (Å²) in [5.74, 6) is -3.54. The molecule has 2 rings (SSSR count). The van der Waals surface area contributed by atoms with Crippen LogP contribution in [0.25, 0.3) is 0 Å². The molecule has 1 aromatic carbocycles. The van der Waals surface area contributed by atoms with E-state index in [1.165, 1.54) is 14.0 Å². The molecule has 6 nitrogen and oxygen atoms in total. The van der Waals surface area contributed by atoms with Crippen molar-refractivity contribution in [3.05, 3.63) is 35.4 Å². The first-order valence-electron chi connectivity index (χ1n) is 9.81. The number of amides is 1. The van der Waals surface area contributed by atoms with Gasteiger partial charge in [0.25, 0.3) is 0 Å². The normalized spacial score (nSPS) is 17.8. The fourth-order valence-corrected chi connectivity index (χ4v) is 3.96. The maximum Gasteiger partial charge on any atom is 0.333 e. The summed E-state index contributed by atoms with van der Waals surface area (Å²) in [5, 5.41) is 2.47. The Labute approximate surface area is 169 Å². The van der Waals surface area contributed by atoms with Crippen molar-refractivity contribution in [1.82, 2.24) is 5.32 Å². The standard InChI is InChI=1S/C21H28F2N2O4/c1-13(25-18(26)10-15-8-16(22)11-17(23)9-15)19(27)21(24,20(28)29-2)12-14-6-4-3-5-7-14/h8-9,11,13-14H,3-7,10,12,24H2,1-2H3,(H,25,26)/t13-,21-/m0/s1. The molecular formula is C21H28F2N2O4. The molecule has 1 fully saturated rings. The molecule has 1 aliphatic rings. The van der Waals surface area contributed by atoms with Gasteiger partial charge >= 0.3 is 5.97 Å². The molecule has 8 heteroatoms. The van der Waals surface area contributed by atoms with Crippen LogP contribution in [0, 0.1) is 17.6 Å². The Bertz CT molecular complexity index is 745. The lowest BCUT2D eigenvalue weighted by atomic mass is 9.76. The average molecular weight is 410 g/mol. The first kappa shape index (κ1) is 22.9. The van der Waals surface area contributed by atoms with E-state index in [4.69, 9.17) is 10.5 Å². The molecule has 0 bridgehead atoms. The predicted octanol–water partition coefficient (Wildman–Crippen LogP) is 2.42. The summed E-state index contributed by atoms with van der Waals surface area (Å²) >= 11 is 0. The summed E-state index contributed by atoms with van der Waals surface area (Å²) in [4.78, 5) is 37.6. The number of methoxy groups -OCH3 is 1. The summed E-state index contributed by atoms with van der Waals surface area (Å²) in [5.41, 5.74) is 4.50. The summed E-state index contributed by atoms with van der Waals surface area (Å²) in [6, 6.07) is 1.73. The minimum atomic E-state index is -1.85. The summed E-state index contributed by atoms with van der Waals surface area (Å²) in [6.07, 6.45) is 4.77. The highest BCUT2D eigenvalue weighted by Crippen LogP contribution is 2.31. The molecule has 2 atom stereocenters. The SMILES string of the molecule is COC(=O)[C@](N)(CC1CCCCC1)C(=O)[C@H](C)NC(=O)Cc1cc(F)cc(F)c1. The fourth-order valence-electron chi connectivity index (χ4n) is 3.96. The third-order valence-electron chi connectivity index (χ3n) is 5.38. The van der Waals surface area contributed by atoms with Crippen LogP contribution in [0.2, 0.25) is 0 Å². The van der Waals surface area contributed by atoms with Gasteiger partial charge in [0.15, 0.2) is 11.3 Å². The summed E-state index contributed by atoms with van der Waals surface area (Å²) in [6.45, 7) is 1.43. The van der Waals surface area contributed by atoms with Crippen molar-refractivity contribution in [2.24, 2.45) is 11.7 Å². The number of hydrogen-bond acceptors (Lipinski definition) is 5. The lowest BCUT2D eigenvalue weighted by molar-refractivity contribution is -0.153. The van der Waals surface area contributed by atoms with Crippen LogP contribution in [-0.4, -0.2) is 36.4 Å². The lowest BCUT2D eigenvalue weighted by Crippen LogP contribution is -2.62. The summed E-state index contributed by atoms with van der Waals surface area (Å²) in [7, 11) is 1.17. The van der Waals surface area contributed by atoms with Gasteiger partial charge in [-0.15, -0.1) is 0 Å². The van der Waals surface area contributed by atoms with E-state index in [9.17, 15) is 23.2 Å². The van der Waals surface area contributed by atoms with Crippen LogP contribution in [-0.2, 0) is 25.5 Å². The van der Waals surface area contributed by atoms with Crippen LogP contribution >= 0.6 is 0 Å². The van der Waals surface area contributed by atoms with Gasteiger partial charge in [0.2, 0.25) is 5.91 Å². The molecular weight excluding hydrogens is 382 g/mol. The van der Waals surface area contributed by atoms with Gasteiger partial charge in [-0.3, -0.25) is 9.59 Å². The van der Waals surface area contributed by atoms with E-state index in [1.54, 1.807) is 0 Å². The van der Waals surface area contributed by atoms with E-state index >= 15 is 0 Å². The number of carbonyl (C=O) groups is 3. The molecule has 1 aromatic rings. The zero-order chi connectivity index (χ0) is 21.6. The number of halogens is 2. The fraction of sp³-hybridized carbons (Fsp3) is 0.571. The number of esters is 1. The largest absolute Gasteiger partial charge is 0.467 e. The molecule has 29 heavy (non-hydrogen) atoms. The Hall–Kier alpha value is -2.35. The molecule has 0 spiro atoms. The van der Waals surface area contributed by atoms with E-state index < -0.39 is 40.9 Å². The molecule has 0 radical (unpaired) electrons. The third kappa shape index (κ3) is 6.06. The Balaban J connectivity index is 2.06. The molecule has 1 saturated carbocycles. The minimum absolute atomic E-state index is 0.133. The zero-order valence-corrected chi connectivity index (χ0v) is 16.8. The molecule has 0 heterocycles. The molecule has 0 unspecified atom stereocenters. The van der Waals surface area contributed by atoms with Crippen molar-refractivity contribution < 1.29 is 27.9 Å². The van der Waals surface area contributed by atoms with Crippen LogP contribution in [0.3, 0.4) is 0 Å². The van der Waals surface area contributed by atoms with Crippen molar-refractivity contribution >= 4 is 17.7 Å². The second-order valence-corrected chi connectivity index (χ2v) is 7.78. The quantitative estimate of drug-likeness (QED) is 0.507. The van der Waals surface area contributed by atoms with E-state index in [-0.39, 0.29) is 24.3 Å². The molecule has 3 N–H and O–H groups in total. The first-order chi connectivity index (χ1) is 13.7. The number of benzene rings is 1. The second-order valence-electron chi connectivity index (χ2n) is 7.78. The predicted molar refractivity (Wildman–Crippen MR) is 103 cm³/mol. The second kappa shape index (κ2) is 9.91. The van der Waals surface area contributed by atoms with Crippen molar-refractivity contribution in [3.8, 4) is 0 Å². The monoisotopic (exact) mass is 410 g/mol. The number of nitrogens with two attached hydrogens (primary N) is 1. The van der Waals surface area contributed by atoms with Gasteiger partial charge in [0, 0.05) is 6.07 Å². The highest BCUT2D eigenvalue weighted by atomic mass is 19.1. The van der Waals surface area contributed by atoms with Gasteiger partial charge in [0.05, 0.1) is 19.6 Å². The third-order valence-corrected chi connectivity index (χ3v) is 5.38. The minimum Gasteiger partial charge on any atom is -0.467 e. The average Bonchev–Trinajstić information content (AvgIpc) is 2.66. The van der Waals surface area contributed by atoms with Gasteiger partial charge in [0.1, 0.15) is 11.6 Å². The van der Waals surface area contributed by atoms with Gasteiger partial charge in [-0.1, -0.05) is 32.1 Å². The number of hydrogen-bond donors (Lipinski definition) is 2. The highest BCUT2D eigenvalue weighted by molar-refractivity contribution is 6.11. The van der Waals surface area contributed by atoms with E-state index in [0.717, 1.165) is 44.2 Å². The maximum atomic E-state index is 13.3. The number of ketones is 1. The zero-order valence-electron chi connectivity index (χ0n) is 16.8. The Morgan fingerprint density at radius 1 is 1.17 bits per heavy atom. The van der Waals surface area contributed by atoms with Crippen LogP contribution in [0.15, 0.2) is 18.2 Å². The number of Topliss-reactive ketones (excluding diaryl/α,β-unsaturated/α-hetero) is 1. The van der Waals surface area contributed by atoms with Gasteiger partial charge < -0.3 is 15.8 Å². The van der Waals surface area contributed by atoms with Gasteiger partial charge in [-0.25, -0.2) is 13.6 Å². The Kier molecular flexibility index (Phi) is 7.84. The van der Waals surface area contributed by atoms with E-state index in [1.807, 2.05) is 0 Å². The van der Waals surface area contributed by atoms with Crippen molar-refractivity contribution in [2.45, 2.75) is 63.5 Å². The Morgan fingerprint density at radius 3 is 2.31 bits per heavy atom. The van der Waals surface area contributed by atoms with Crippen LogP contribution in [0.4, 0.5) is 8.78 Å². The van der Waals surface area contributed by atoms with Crippen LogP contribution < -0.4 is 11.1 Å². The van der Waals surface area contributed by atoms with Crippen molar-refractivity contribution in [3.63, 3.8) is 0 Å². The lowest BCUT2D eigenvalue weighted by Gasteiger charge is -2.33. The number of nitrogens with one attached hydrogen (secondary N) is 1. The maximum absolute atomic E-state index is 13.3. The number of rotatable bonds is 8. The van der Waals surface area contributed by atoms with Crippen molar-refractivity contribution in [1.29, 1.82) is 0 Å². The number of ether oxygens (including phenoxy) is 1. The molecule has 160 valence electrons. The molecule has 1 amide bonds. The molecule has 0 aliphatic heterocycles. The van der Waals surface area contributed by atoms with Crippen LogP contribution in [0.1, 0.15) is 51.0 Å². The number of carbonyl (C=O) groups excluding carboxylic acids is 3. The van der Waals surface area contributed by atoms with Gasteiger partial charge in [-0.2, -0.15) is 0 Å². The Morgan fingerprint density at radius 2 is 1.76 bits per heavy atom. The smallest absolute Gasteiger partial charge is 0.333 e. The van der Waals surface area contributed by atoms with Gasteiger partial charge in [-0.05, 0) is 37.0 Å². The van der Waals surface area contributed by atoms with E-state index in [0.29, 0.717) is 6.07 Å². The molecule has 0 aromatic heterocycles. The molecule has 0 saturated heterocycles. The van der Waals surface area contributed by atoms with E-state index in [2.05, 4.69) is 5.32 Å². The topological polar surface area (TPSA) is 98.5 Å². The molecule has 1 aliphatic carbocycles. The first-order valence-corrected chi connectivity index (χ1v) is 9.81. The van der Waals surface area contributed by atoms with Crippen LogP contribution in [0.5, 0.6) is 0 Å².